The van der Waals surface area contributed by atoms with Crippen molar-refractivity contribution in [3.05, 3.63) is 0 Å². The van der Waals surface area contributed by atoms with E-state index < -0.39 is 9.84 Å². The third-order valence-electron chi connectivity index (χ3n) is 4.38. The quantitative estimate of drug-likeness (QED) is 0.743. The largest absolute Gasteiger partial charge is 0.343 e. The summed E-state index contributed by atoms with van der Waals surface area (Å²) in [7, 11) is -0.985. The summed E-state index contributed by atoms with van der Waals surface area (Å²) < 4.78 is 24.4. The van der Waals surface area contributed by atoms with Crippen LogP contribution < -0.4 is 0 Å². The summed E-state index contributed by atoms with van der Waals surface area (Å²) in [6.45, 7) is 3.90. The molecule has 2 aliphatic heterocycles. The maximum absolute atomic E-state index is 12.2. The summed E-state index contributed by atoms with van der Waals surface area (Å²) >= 11 is 0. The van der Waals surface area contributed by atoms with Crippen LogP contribution in [0.4, 0.5) is 0 Å². The number of fused-ring (bicyclic) bond motifs is 1. The van der Waals surface area contributed by atoms with Crippen molar-refractivity contribution >= 4 is 15.7 Å². The number of carbonyl (C=O) groups is 1. The van der Waals surface area contributed by atoms with Crippen LogP contribution in [0.3, 0.4) is 0 Å². The summed E-state index contributed by atoms with van der Waals surface area (Å²) in [5.41, 5.74) is 0. The highest BCUT2D eigenvalue weighted by atomic mass is 32.2. The van der Waals surface area contributed by atoms with E-state index in [2.05, 4.69) is 4.90 Å². The van der Waals surface area contributed by atoms with E-state index in [1.54, 1.807) is 0 Å². The molecule has 0 saturated carbocycles. The first-order valence-electron chi connectivity index (χ1n) is 7.15. The Hall–Kier alpha value is -0.620. The highest BCUT2D eigenvalue weighted by Crippen LogP contribution is 2.27. The first-order valence-corrected chi connectivity index (χ1v) is 8.87. The Morgan fingerprint density at radius 2 is 1.89 bits per heavy atom. The van der Waals surface area contributed by atoms with Gasteiger partial charge in [0.25, 0.3) is 0 Å². The van der Waals surface area contributed by atoms with Gasteiger partial charge in [0.05, 0.1) is 11.0 Å². The van der Waals surface area contributed by atoms with Gasteiger partial charge in [0, 0.05) is 32.1 Å². The lowest BCUT2D eigenvalue weighted by Gasteiger charge is -2.37. The molecule has 0 bridgehead atoms. The number of amides is 1. The first-order chi connectivity index (χ1) is 8.95. The number of sulfone groups is 1. The van der Waals surface area contributed by atoms with E-state index in [4.69, 9.17) is 0 Å². The fourth-order valence-corrected chi connectivity index (χ4v) is 5.33. The molecule has 6 heteroatoms. The van der Waals surface area contributed by atoms with Gasteiger partial charge in [-0.1, -0.05) is 6.92 Å². The molecular formula is C13H24N2O3S. The number of carbonyl (C=O) groups excluding carboxylic acids is 1. The van der Waals surface area contributed by atoms with E-state index in [1.807, 2.05) is 18.9 Å². The molecule has 0 spiro atoms. The monoisotopic (exact) mass is 288 g/mol. The van der Waals surface area contributed by atoms with Crippen LogP contribution in [0, 0.1) is 0 Å². The lowest BCUT2D eigenvalue weighted by molar-refractivity contribution is -0.131. The molecule has 19 heavy (non-hydrogen) atoms. The third-order valence-corrected chi connectivity index (χ3v) is 6.60. The van der Waals surface area contributed by atoms with Crippen LogP contribution in [0.2, 0.25) is 0 Å². The van der Waals surface area contributed by atoms with Gasteiger partial charge in [0.1, 0.15) is 0 Å². The predicted octanol–water partition coefficient (Wildman–Crippen LogP) is 0.506. The molecule has 2 saturated heterocycles. The van der Waals surface area contributed by atoms with Crippen molar-refractivity contribution in [3.8, 4) is 0 Å². The lowest BCUT2D eigenvalue weighted by Crippen LogP contribution is -2.52. The fraction of sp³-hybridized carbons (Fsp3) is 0.923. The molecule has 0 radical (unpaired) electrons. The average molecular weight is 288 g/mol. The Labute approximate surface area is 115 Å². The molecular weight excluding hydrogens is 264 g/mol. The van der Waals surface area contributed by atoms with Crippen molar-refractivity contribution in [1.29, 1.82) is 0 Å². The van der Waals surface area contributed by atoms with E-state index >= 15 is 0 Å². The molecule has 2 aliphatic rings. The maximum atomic E-state index is 12.2. The Kier molecular flexibility index (Phi) is 4.50. The van der Waals surface area contributed by atoms with Crippen LogP contribution in [0.15, 0.2) is 0 Å². The molecule has 1 amide bonds. The molecule has 2 heterocycles. The van der Waals surface area contributed by atoms with Gasteiger partial charge in [-0.05, 0) is 26.3 Å². The molecule has 2 fully saturated rings. The van der Waals surface area contributed by atoms with Crippen LogP contribution in [0.1, 0.15) is 32.6 Å². The van der Waals surface area contributed by atoms with Crippen molar-refractivity contribution in [2.24, 2.45) is 0 Å². The molecule has 0 aromatic carbocycles. The minimum Gasteiger partial charge on any atom is -0.343 e. The van der Waals surface area contributed by atoms with Crippen molar-refractivity contribution in [3.63, 3.8) is 0 Å². The molecule has 0 unspecified atom stereocenters. The number of rotatable bonds is 2. The van der Waals surface area contributed by atoms with Gasteiger partial charge < -0.3 is 9.80 Å². The zero-order chi connectivity index (χ0) is 14.0. The Balaban J connectivity index is 2.11. The van der Waals surface area contributed by atoms with Crippen LogP contribution in [0.5, 0.6) is 0 Å². The average Bonchev–Trinajstić information content (AvgIpc) is 2.58. The van der Waals surface area contributed by atoms with Crippen LogP contribution in [0.25, 0.3) is 0 Å². The van der Waals surface area contributed by atoms with Gasteiger partial charge in [0.2, 0.25) is 5.91 Å². The SMILES string of the molecule is CCCC(=O)N1CC[C@H]2[C@H](CC1)S(=O)(=O)CCN2C. The maximum Gasteiger partial charge on any atom is 0.222 e. The molecule has 0 aromatic rings. The van der Waals surface area contributed by atoms with Gasteiger partial charge in [-0.2, -0.15) is 0 Å². The van der Waals surface area contributed by atoms with E-state index in [9.17, 15) is 13.2 Å². The molecule has 0 N–H and O–H groups in total. The van der Waals surface area contributed by atoms with Gasteiger partial charge in [-0.25, -0.2) is 8.42 Å². The van der Waals surface area contributed by atoms with Gasteiger partial charge in [-0.15, -0.1) is 0 Å². The molecule has 0 aromatic heterocycles. The summed E-state index contributed by atoms with van der Waals surface area (Å²) in [5, 5.41) is -0.286. The van der Waals surface area contributed by atoms with Gasteiger partial charge >= 0.3 is 0 Å². The van der Waals surface area contributed by atoms with Crippen molar-refractivity contribution in [2.45, 2.75) is 43.9 Å². The van der Waals surface area contributed by atoms with Crippen LogP contribution >= 0.6 is 0 Å². The van der Waals surface area contributed by atoms with E-state index in [0.717, 1.165) is 12.8 Å². The molecule has 2 rings (SSSR count). The van der Waals surface area contributed by atoms with Crippen molar-refractivity contribution in [1.82, 2.24) is 9.80 Å². The number of hydrogen-bond donors (Lipinski definition) is 0. The smallest absolute Gasteiger partial charge is 0.222 e. The highest BCUT2D eigenvalue weighted by Gasteiger charge is 2.41. The molecule has 2 atom stereocenters. The molecule has 5 nitrogen and oxygen atoms in total. The van der Waals surface area contributed by atoms with Crippen LogP contribution in [-0.2, 0) is 14.6 Å². The molecule has 0 aliphatic carbocycles. The first kappa shape index (κ1) is 14.8. The standard InChI is InChI=1S/C13H24N2O3S/c1-3-4-13(16)15-7-5-11-12(6-8-15)19(17,18)10-9-14(11)2/h11-12H,3-10H2,1-2H3/t11-,12-/m0/s1. The second-order valence-corrected chi connectivity index (χ2v) is 8.00. The second-order valence-electron chi connectivity index (χ2n) is 5.66. The summed E-state index contributed by atoms with van der Waals surface area (Å²) in [6.07, 6.45) is 2.78. The Morgan fingerprint density at radius 3 is 2.58 bits per heavy atom. The lowest BCUT2D eigenvalue weighted by atomic mass is 10.1. The third kappa shape index (κ3) is 3.11. The normalized spacial score (nSPS) is 31.6. The minimum absolute atomic E-state index is 0.0816. The Bertz CT molecular complexity index is 435. The highest BCUT2D eigenvalue weighted by molar-refractivity contribution is 7.92. The number of nitrogens with zero attached hydrogens (tertiary/aromatic N) is 2. The number of hydrogen-bond acceptors (Lipinski definition) is 4. The molecule has 110 valence electrons. The van der Waals surface area contributed by atoms with E-state index in [0.29, 0.717) is 32.5 Å². The van der Waals surface area contributed by atoms with Gasteiger partial charge in [-0.3, -0.25) is 4.79 Å². The second kappa shape index (κ2) is 5.79. The van der Waals surface area contributed by atoms with Gasteiger partial charge in [0.15, 0.2) is 9.84 Å². The van der Waals surface area contributed by atoms with Crippen molar-refractivity contribution < 1.29 is 13.2 Å². The predicted molar refractivity (Wildman–Crippen MR) is 74.7 cm³/mol. The van der Waals surface area contributed by atoms with Crippen LogP contribution in [-0.4, -0.2) is 67.9 Å². The summed E-state index contributed by atoms with van der Waals surface area (Å²) in [6, 6.07) is 0.0816. The topological polar surface area (TPSA) is 57.7 Å². The summed E-state index contributed by atoms with van der Waals surface area (Å²) in [4.78, 5) is 16.0. The minimum atomic E-state index is -2.98. The number of likely N-dealkylation sites (tertiary alicyclic amines) is 1. The fourth-order valence-electron chi connectivity index (χ4n) is 3.19. The van der Waals surface area contributed by atoms with Crippen molar-refractivity contribution in [2.75, 3.05) is 32.4 Å². The summed E-state index contributed by atoms with van der Waals surface area (Å²) in [5.74, 6) is 0.425. The zero-order valence-corrected chi connectivity index (χ0v) is 12.7. The van der Waals surface area contributed by atoms with E-state index in [-0.39, 0.29) is 23.0 Å². The Morgan fingerprint density at radius 1 is 1.21 bits per heavy atom. The zero-order valence-electron chi connectivity index (χ0n) is 11.8. The van der Waals surface area contributed by atoms with E-state index in [1.165, 1.54) is 0 Å².